The number of aromatic nitrogens is 1. The fourth-order valence-corrected chi connectivity index (χ4v) is 2.61. The van der Waals surface area contributed by atoms with Crippen LogP contribution in [0.4, 0.5) is 6.01 Å². The molecule has 1 aliphatic rings. The van der Waals surface area contributed by atoms with E-state index < -0.39 is 0 Å². The van der Waals surface area contributed by atoms with Crippen LogP contribution in [0.5, 0.6) is 0 Å². The molecule has 1 N–H and O–H groups in total. The van der Waals surface area contributed by atoms with Gasteiger partial charge >= 0.3 is 0 Å². The zero-order chi connectivity index (χ0) is 12.5. The van der Waals surface area contributed by atoms with E-state index in [9.17, 15) is 5.11 Å². The van der Waals surface area contributed by atoms with Crippen molar-refractivity contribution in [2.45, 2.75) is 25.3 Å². The second-order valence-electron chi connectivity index (χ2n) is 4.63. The minimum Gasteiger partial charge on any atom is -0.423 e. The number of halogens is 1. The third kappa shape index (κ3) is 2.06. The fourth-order valence-electron chi connectivity index (χ4n) is 2.45. The van der Waals surface area contributed by atoms with E-state index in [0.717, 1.165) is 31.3 Å². The third-order valence-electron chi connectivity index (χ3n) is 3.42. The Morgan fingerprint density at radius 3 is 3.17 bits per heavy atom. The number of hydrogen-bond donors (Lipinski definition) is 1. The molecule has 0 aliphatic carbocycles. The Morgan fingerprint density at radius 2 is 2.33 bits per heavy atom. The van der Waals surface area contributed by atoms with Crippen LogP contribution in [0, 0.1) is 0 Å². The Balaban J connectivity index is 1.97. The van der Waals surface area contributed by atoms with Crippen LogP contribution >= 0.6 is 11.6 Å². The lowest BCUT2D eigenvalue weighted by molar-refractivity contribution is 0.235. The summed E-state index contributed by atoms with van der Waals surface area (Å²) < 4.78 is 5.74. The summed E-state index contributed by atoms with van der Waals surface area (Å²) in [4.78, 5) is 6.52. The molecule has 0 radical (unpaired) electrons. The van der Waals surface area contributed by atoms with Gasteiger partial charge in [0.15, 0.2) is 5.58 Å². The Bertz CT molecular complexity index is 555. The highest BCUT2D eigenvalue weighted by molar-refractivity contribution is 6.31. The van der Waals surface area contributed by atoms with Gasteiger partial charge < -0.3 is 14.4 Å². The van der Waals surface area contributed by atoms with Crippen LogP contribution in [0.3, 0.4) is 0 Å². The summed E-state index contributed by atoms with van der Waals surface area (Å²) in [6.45, 7) is 1.02. The third-order valence-corrected chi connectivity index (χ3v) is 3.66. The van der Waals surface area contributed by atoms with E-state index in [4.69, 9.17) is 16.0 Å². The zero-order valence-corrected chi connectivity index (χ0v) is 10.7. The molecular formula is C13H15ClN2O2. The summed E-state index contributed by atoms with van der Waals surface area (Å²) >= 11 is 5.93. The molecule has 0 bridgehead atoms. The maximum Gasteiger partial charge on any atom is 0.298 e. The molecule has 1 fully saturated rings. The number of nitrogens with zero attached hydrogens (tertiary/aromatic N) is 2. The fraction of sp³-hybridized carbons (Fsp3) is 0.462. The van der Waals surface area contributed by atoms with Crippen LogP contribution in [-0.4, -0.2) is 29.3 Å². The van der Waals surface area contributed by atoms with Gasteiger partial charge in [-0.3, -0.25) is 0 Å². The molecular weight excluding hydrogens is 252 g/mol. The van der Waals surface area contributed by atoms with Gasteiger partial charge in [-0.15, -0.1) is 0 Å². The molecule has 96 valence electrons. The highest BCUT2D eigenvalue weighted by Crippen LogP contribution is 2.28. The molecule has 18 heavy (non-hydrogen) atoms. The van der Waals surface area contributed by atoms with Crippen molar-refractivity contribution in [3.63, 3.8) is 0 Å². The molecule has 1 aliphatic heterocycles. The van der Waals surface area contributed by atoms with Crippen LogP contribution < -0.4 is 4.90 Å². The lowest BCUT2D eigenvalue weighted by atomic mass is 10.0. The molecule has 2 aromatic rings. The molecule has 1 aromatic carbocycles. The summed E-state index contributed by atoms with van der Waals surface area (Å²) in [6, 6.07) is 6.12. The van der Waals surface area contributed by atoms with E-state index in [-0.39, 0.29) is 12.6 Å². The van der Waals surface area contributed by atoms with Gasteiger partial charge in [0, 0.05) is 17.6 Å². The molecule has 0 saturated carbocycles. The van der Waals surface area contributed by atoms with Crippen LogP contribution in [0.15, 0.2) is 22.6 Å². The van der Waals surface area contributed by atoms with E-state index in [2.05, 4.69) is 9.88 Å². The van der Waals surface area contributed by atoms with Crippen molar-refractivity contribution in [2.24, 2.45) is 0 Å². The number of aliphatic hydroxyl groups excluding tert-OH is 1. The first-order valence-electron chi connectivity index (χ1n) is 6.21. The molecule has 2 heterocycles. The zero-order valence-electron chi connectivity index (χ0n) is 9.97. The molecule has 1 atom stereocenters. The molecule has 1 aromatic heterocycles. The summed E-state index contributed by atoms with van der Waals surface area (Å²) in [6.07, 6.45) is 3.24. The van der Waals surface area contributed by atoms with Gasteiger partial charge in [0.1, 0.15) is 5.52 Å². The first-order valence-corrected chi connectivity index (χ1v) is 6.59. The molecule has 5 heteroatoms. The van der Waals surface area contributed by atoms with E-state index in [1.54, 1.807) is 12.1 Å². The van der Waals surface area contributed by atoms with Crippen LogP contribution in [0.25, 0.3) is 11.1 Å². The van der Waals surface area contributed by atoms with Gasteiger partial charge in [0.2, 0.25) is 0 Å². The van der Waals surface area contributed by atoms with E-state index in [1.807, 2.05) is 6.07 Å². The van der Waals surface area contributed by atoms with Crippen molar-refractivity contribution in [2.75, 3.05) is 18.1 Å². The number of fused-ring (bicyclic) bond motifs is 1. The van der Waals surface area contributed by atoms with Crippen molar-refractivity contribution in [1.82, 2.24) is 4.98 Å². The van der Waals surface area contributed by atoms with Crippen molar-refractivity contribution in [3.8, 4) is 0 Å². The summed E-state index contributed by atoms with van der Waals surface area (Å²) in [5.74, 6) is 0. The number of benzene rings is 1. The number of hydrogen-bond acceptors (Lipinski definition) is 4. The summed E-state index contributed by atoms with van der Waals surface area (Å²) in [5, 5.41) is 10.1. The van der Waals surface area contributed by atoms with Crippen molar-refractivity contribution in [1.29, 1.82) is 0 Å². The summed E-state index contributed by atoms with van der Waals surface area (Å²) in [5.41, 5.74) is 1.50. The molecule has 1 unspecified atom stereocenters. The Morgan fingerprint density at radius 1 is 1.44 bits per heavy atom. The van der Waals surface area contributed by atoms with Gasteiger partial charge in [-0.25, -0.2) is 0 Å². The second-order valence-corrected chi connectivity index (χ2v) is 5.07. The van der Waals surface area contributed by atoms with E-state index >= 15 is 0 Å². The average molecular weight is 267 g/mol. The van der Waals surface area contributed by atoms with Gasteiger partial charge in [-0.05, 0) is 31.4 Å². The number of oxazole rings is 1. The average Bonchev–Trinajstić information content (AvgIpc) is 2.81. The lowest BCUT2D eigenvalue weighted by Gasteiger charge is -2.33. The topological polar surface area (TPSA) is 49.5 Å². The van der Waals surface area contributed by atoms with Crippen LogP contribution in [0.2, 0.25) is 5.02 Å². The lowest BCUT2D eigenvalue weighted by Crippen LogP contribution is -2.42. The number of aliphatic hydroxyl groups is 1. The molecule has 4 nitrogen and oxygen atoms in total. The Hall–Kier alpha value is -1.26. The quantitative estimate of drug-likeness (QED) is 0.908. The molecule has 1 saturated heterocycles. The summed E-state index contributed by atoms with van der Waals surface area (Å²) in [7, 11) is 0. The monoisotopic (exact) mass is 266 g/mol. The maximum atomic E-state index is 9.41. The first-order chi connectivity index (χ1) is 8.78. The van der Waals surface area contributed by atoms with Gasteiger partial charge in [-0.1, -0.05) is 11.6 Å². The van der Waals surface area contributed by atoms with Crippen molar-refractivity contribution in [3.05, 3.63) is 23.2 Å². The highest BCUT2D eigenvalue weighted by Gasteiger charge is 2.25. The molecule has 0 spiro atoms. The second kappa shape index (κ2) is 4.78. The smallest absolute Gasteiger partial charge is 0.298 e. The first kappa shape index (κ1) is 11.8. The SMILES string of the molecule is OCC1CCCCN1c1nc2ccc(Cl)cc2o1. The highest BCUT2D eigenvalue weighted by atomic mass is 35.5. The Kier molecular flexibility index (Phi) is 3.14. The number of rotatable bonds is 2. The molecule has 3 rings (SSSR count). The predicted molar refractivity (Wildman–Crippen MR) is 71.1 cm³/mol. The van der Waals surface area contributed by atoms with Crippen LogP contribution in [-0.2, 0) is 0 Å². The van der Waals surface area contributed by atoms with Crippen molar-refractivity contribution < 1.29 is 9.52 Å². The van der Waals surface area contributed by atoms with E-state index in [0.29, 0.717) is 16.6 Å². The normalized spacial score (nSPS) is 20.6. The number of piperidine rings is 1. The number of anilines is 1. The minimum absolute atomic E-state index is 0.113. The minimum atomic E-state index is 0.113. The largest absolute Gasteiger partial charge is 0.423 e. The van der Waals surface area contributed by atoms with Gasteiger partial charge in [0.25, 0.3) is 6.01 Å². The maximum absolute atomic E-state index is 9.41. The van der Waals surface area contributed by atoms with Crippen molar-refractivity contribution >= 4 is 28.7 Å². The van der Waals surface area contributed by atoms with Crippen LogP contribution in [0.1, 0.15) is 19.3 Å². The van der Waals surface area contributed by atoms with Gasteiger partial charge in [0.05, 0.1) is 12.6 Å². The predicted octanol–water partition coefficient (Wildman–Crippen LogP) is 2.83. The van der Waals surface area contributed by atoms with Gasteiger partial charge in [-0.2, -0.15) is 4.98 Å². The Labute approximate surface area is 110 Å². The standard InChI is InChI=1S/C13H15ClN2O2/c14-9-4-5-11-12(7-9)18-13(15-11)16-6-2-1-3-10(16)8-17/h4-5,7,10,17H,1-3,6,8H2. The van der Waals surface area contributed by atoms with E-state index in [1.165, 1.54) is 0 Å². The molecule has 0 amide bonds.